The molecule has 0 radical (unpaired) electrons. The number of nitrogens with zero attached hydrogens (tertiary/aromatic N) is 2. The van der Waals surface area contributed by atoms with Gasteiger partial charge >= 0.3 is 0 Å². The number of carbonyl (C=O) groups is 1. The van der Waals surface area contributed by atoms with Crippen molar-refractivity contribution in [3.05, 3.63) is 54.1 Å². The van der Waals surface area contributed by atoms with Crippen LogP contribution < -0.4 is 14.5 Å². The highest BCUT2D eigenvalue weighted by molar-refractivity contribution is 7.92. The Bertz CT molecular complexity index is 871. The molecular formula is C19H23N3O3S. The molecule has 7 heteroatoms. The Balaban J connectivity index is 1.70. The molecular weight excluding hydrogens is 350 g/mol. The van der Waals surface area contributed by atoms with Gasteiger partial charge in [0.25, 0.3) is 5.91 Å². The summed E-state index contributed by atoms with van der Waals surface area (Å²) in [6, 6.07) is 14.4. The summed E-state index contributed by atoms with van der Waals surface area (Å²) in [5.74, 6) is -0.148. The van der Waals surface area contributed by atoms with Gasteiger partial charge in [-0.2, -0.15) is 0 Å². The Hall–Kier alpha value is -2.54. The van der Waals surface area contributed by atoms with Crippen LogP contribution in [0.5, 0.6) is 0 Å². The summed E-state index contributed by atoms with van der Waals surface area (Å²) in [7, 11) is -1.60. The average molecular weight is 373 g/mol. The van der Waals surface area contributed by atoms with Crippen molar-refractivity contribution in [2.24, 2.45) is 0 Å². The van der Waals surface area contributed by atoms with Crippen molar-refractivity contribution in [2.75, 3.05) is 40.9 Å². The van der Waals surface area contributed by atoms with Crippen LogP contribution in [-0.2, 0) is 10.0 Å². The number of hydrogen-bond acceptors (Lipinski definition) is 4. The second kappa shape index (κ2) is 7.37. The smallest absolute Gasteiger partial charge is 0.258 e. The van der Waals surface area contributed by atoms with Gasteiger partial charge in [-0.1, -0.05) is 0 Å². The molecule has 1 aliphatic rings. The van der Waals surface area contributed by atoms with E-state index in [-0.39, 0.29) is 5.91 Å². The molecule has 1 heterocycles. The van der Waals surface area contributed by atoms with Crippen LogP contribution in [0, 0.1) is 0 Å². The van der Waals surface area contributed by atoms with E-state index in [1.807, 2.05) is 24.3 Å². The van der Waals surface area contributed by atoms with Gasteiger partial charge in [-0.25, -0.2) is 8.42 Å². The summed E-state index contributed by atoms with van der Waals surface area (Å²) in [6.07, 6.45) is 3.54. The lowest BCUT2D eigenvalue weighted by atomic mass is 10.1. The SMILES string of the molecule is CN(C(=O)c1ccc(NS(C)(=O)=O)cc1)c1ccc(N2CCCC2)cc1. The zero-order valence-electron chi connectivity index (χ0n) is 15.0. The van der Waals surface area contributed by atoms with Crippen LogP contribution in [0.2, 0.25) is 0 Å². The van der Waals surface area contributed by atoms with Crippen LogP contribution in [0.1, 0.15) is 23.2 Å². The van der Waals surface area contributed by atoms with Crippen molar-refractivity contribution in [1.29, 1.82) is 0 Å². The molecule has 0 aromatic heterocycles. The molecule has 1 fully saturated rings. The lowest BCUT2D eigenvalue weighted by Gasteiger charge is -2.21. The van der Waals surface area contributed by atoms with Crippen LogP contribution in [0.25, 0.3) is 0 Å². The quantitative estimate of drug-likeness (QED) is 0.875. The maximum absolute atomic E-state index is 12.7. The number of anilines is 3. The maximum Gasteiger partial charge on any atom is 0.258 e. The van der Waals surface area contributed by atoms with Gasteiger partial charge < -0.3 is 9.80 Å². The number of carbonyl (C=O) groups excluding carboxylic acids is 1. The molecule has 0 atom stereocenters. The first-order valence-electron chi connectivity index (χ1n) is 8.54. The molecule has 1 N–H and O–H groups in total. The average Bonchev–Trinajstić information content (AvgIpc) is 3.14. The topological polar surface area (TPSA) is 69.7 Å². The van der Waals surface area contributed by atoms with E-state index in [0.717, 1.165) is 25.0 Å². The van der Waals surface area contributed by atoms with E-state index in [0.29, 0.717) is 11.3 Å². The van der Waals surface area contributed by atoms with Gasteiger partial charge in [0.15, 0.2) is 0 Å². The Morgan fingerprint density at radius 3 is 2.12 bits per heavy atom. The van der Waals surface area contributed by atoms with Gasteiger partial charge in [0, 0.05) is 42.8 Å². The van der Waals surface area contributed by atoms with Crippen LogP contribution in [0.4, 0.5) is 17.1 Å². The minimum absolute atomic E-state index is 0.148. The van der Waals surface area contributed by atoms with E-state index in [9.17, 15) is 13.2 Å². The van der Waals surface area contributed by atoms with Gasteiger partial charge in [-0.05, 0) is 61.4 Å². The predicted molar refractivity (Wildman–Crippen MR) is 106 cm³/mol. The number of sulfonamides is 1. The Labute approximate surface area is 154 Å². The highest BCUT2D eigenvalue weighted by Gasteiger charge is 2.16. The lowest BCUT2D eigenvalue weighted by molar-refractivity contribution is 0.0993. The molecule has 0 saturated carbocycles. The minimum Gasteiger partial charge on any atom is -0.372 e. The summed E-state index contributed by atoms with van der Waals surface area (Å²) in [5, 5.41) is 0. The number of nitrogens with one attached hydrogen (secondary N) is 1. The molecule has 2 aromatic carbocycles. The maximum atomic E-state index is 12.7. The second-order valence-corrected chi connectivity index (χ2v) is 8.27. The summed E-state index contributed by atoms with van der Waals surface area (Å²) in [5.41, 5.74) is 2.93. The van der Waals surface area contributed by atoms with Crippen molar-refractivity contribution in [1.82, 2.24) is 0 Å². The van der Waals surface area contributed by atoms with Crippen LogP contribution in [-0.4, -0.2) is 40.7 Å². The van der Waals surface area contributed by atoms with E-state index in [1.165, 1.54) is 18.5 Å². The van der Waals surface area contributed by atoms with Gasteiger partial charge in [0.05, 0.1) is 6.26 Å². The van der Waals surface area contributed by atoms with E-state index in [4.69, 9.17) is 0 Å². The Morgan fingerprint density at radius 1 is 1.00 bits per heavy atom. The van der Waals surface area contributed by atoms with E-state index >= 15 is 0 Å². The van der Waals surface area contributed by atoms with Crippen LogP contribution >= 0.6 is 0 Å². The van der Waals surface area contributed by atoms with Crippen molar-refractivity contribution in [3.8, 4) is 0 Å². The Morgan fingerprint density at radius 2 is 1.58 bits per heavy atom. The van der Waals surface area contributed by atoms with E-state index in [2.05, 4.69) is 9.62 Å². The monoisotopic (exact) mass is 373 g/mol. The fourth-order valence-electron chi connectivity index (χ4n) is 3.07. The molecule has 26 heavy (non-hydrogen) atoms. The molecule has 0 aliphatic carbocycles. The molecule has 0 spiro atoms. The van der Waals surface area contributed by atoms with Gasteiger partial charge in [-0.15, -0.1) is 0 Å². The van der Waals surface area contributed by atoms with Crippen molar-refractivity contribution in [3.63, 3.8) is 0 Å². The second-order valence-electron chi connectivity index (χ2n) is 6.53. The van der Waals surface area contributed by atoms with E-state index in [1.54, 1.807) is 36.2 Å². The highest BCUT2D eigenvalue weighted by atomic mass is 32.2. The molecule has 3 rings (SSSR count). The fourth-order valence-corrected chi connectivity index (χ4v) is 3.63. The van der Waals surface area contributed by atoms with Gasteiger partial charge in [0.1, 0.15) is 0 Å². The fraction of sp³-hybridized carbons (Fsp3) is 0.316. The summed E-state index contributed by atoms with van der Waals surface area (Å²) in [4.78, 5) is 16.6. The molecule has 138 valence electrons. The number of benzene rings is 2. The number of rotatable bonds is 5. The molecule has 0 bridgehead atoms. The summed E-state index contributed by atoms with van der Waals surface area (Å²) < 4.78 is 24.9. The number of amides is 1. The van der Waals surface area contributed by atoms with Gasteiger partial charge in [0.2, 0.25) is 10.0 Å². The largest absolute Gasteiger partial charge is 0.372 e. The molecule has 1 aliphatic heterocycles. The lowest BCUT2D eigenvalue weighted by Crippen LogP contribution is -2.26. The third-order valence-corrected chi connectivity index (χ3v) is 5.05. The third kappa shape index (κ3) is 4.35. The van der Waals surface area contributed by atoms with Gasteiger partial charge in [-0.3, -0.25) is 9.52 Å². The first kappa shape index (κ1) is 18.3. The zero-order chi connectivity index (χ0) is 18.7. The standard InChI is InChI=1S/C19H23N3O3S/c1-21(17-9-11-18(12-10-17)22-13-3-4-14-22)19(23)15-5-7-16(8-6-15)20-26(2,24)25/h5-12,20H,3-4,13-14H2,1-2H3. The normalized spacial score (nSPS) is 14.3. The zero-order valence-corrected chi connectivity index (χ0v) is 15.8. The molecule has 0 unspecified atom stereocenters. The van der Waals surface area contributed by atoms with Crippen LogP contribution in [0.3, 0.4) is 0 Å². The number of hydrogen-bond donors (Lipinski definition) is 1. The van der Waals surface area contributed by atoms with Crippen LogP contribution in [0.15, 0.2) is 48.5 Å². The summed E-state index contributed by atoms with van der Waals surface area (Å²) >= 11 is 0. The Kier molecular flexibility index (Phi) is 5.18. The third-order valence-electron chi connectivity index (χ3n) is 4.45. The van der Waals surface area contributed by atoms with Crippen molar-refractivity contribution in [2.45, 2.75) is 12.8 Å². The van der Waals surface area contributed by atoms with Crippen molar-refractivity contribution >= 4 is 33.0 Å². The predicted octanol–water partition coefficient (Wildman–Crippen LogP) is 2.93. The molecule has 2 aromatic rings. The summed E-state index contributed by atoms with van der Waals surface area (Å²) in [6.45, 7) is 2.17. The first-order chi connectivity index (χ1) is 12.3. The van der Waals surface area contributed by atoms with Crippen molar-refractivity contribution < 1.29 is 13.2 Å². The van der Waals surface area contributed by atoms with E-state index < -0.39 is 10.0 Å². The molecule has 6 nitrogen and oxygen atoms in total. The minimum atomic E-state index is -3.33. The molecule has 1 amide bonds. The highest BCUT2D eigenvalue weighted by Crippen LogP contribution is 2.24. The first-order valence-corrected chi connectivity index (χ1v) is 10.4. The molecule has 1 saturated heterocycles.